The molecule has 0 radical (unpaired) electrons. The number of alkyl halides is 1. The summed E-state index contributed by atoms with van der Waals surface area (Å²) >= 11 is 3.51. The topological polar surface area (TPSA) is 38.3 Å². The molecule has 0 aromatic heterocycles. The molecular formula is C11H20BrNO2. The molecule has 4 heteroatoms. The summed E-state index contributed by atoms with van der Waals surface area (Å²) < 4.78 is 5.08. The molecule has 1 N–H and O–H groups in total. The Morgan fingerprint density at radius 1 is 1.47 bits per heavy atom. The largest absolute Gasteiger partial charge is 0.372 e. The number of halogens is 1. The Hall–Kier alpha value is -0.0900. The number of carbonyl (C=O) groups excluding carboxylic acids is 1. The molecule has 3 nitrogen and oxygen atoms in total. The normalized spacial score (nSPS) is 26.3. The molecule has 1 fully saturated rings. The lowest BCUT2D eigenvalue weighted by molar-refractivity contribution is -0.126. The van der Waals surface area contributed by atoms with Crippen molar-refractivity contribution in [3.05, 3.63) is 0 Å². The molecule has 2 atom stereocenters. The third kappa shape index (κ3) is 4.51. The van der Waals surface area contributed by atoms with Crippen molar-refractivity contribution in [2.45, 2.75) is 38.6 Å². The monoisotopic (exact) mass is 277 g/mol. The van der Waals surface area contributed by atoms with Gasteiger partial charge in [0.15, 0.2) is 0 Å². The van der Waals surface area contributed by atoms with Gasteiger partial charge in [0.25, 0.3) is 0 Å². The van der Waals surface area contributed by atoms with Crippen molar-refractivity contribution >= 4 is 21.8 Å². The Morgan fingerprint density at radius 2 is 2.20 bits per heavy atom. The SMILES string of the molecule is CCOCC(=O)NC1CCCCC1CBr. The summed E-state index contributed by atoms with van der Waals surface area (Å²) in [6.45, 7) is 2.69. The summed E-state index contributed by atoms with van der Waals surface area (Å²) in [5, 5.41) is 4.04. The van der Waals surface area contributed by atoms with E-state index >= 15 is 0 Å². The molecule has 0 bridgehead atoms. The van der Waals surface area contributed by atoms with Crippen molar-refractivity contribution < 1.29 is 9.53 Å². The van der Waals surface area contributed by atoms with Gasteiger partial charge in [0.05, 0.1) is 0 Å². The fourth-order valence-electron chi connectivity index (χ4n) is 2.03. The zero-order valence-corrected chi connectivity index (χ0v) is 10.9. The van der Waals surface area contributed by atoms with E-state index in [1.165, 1.54) is 19.3 Å². The van der Waals surface area contributed by atoms with Crippen LogP contribution in [0.4, 0.5) is 0 Å². The molecule has 0 heterocycles. The van der Waals surface area contributed by atoms with Crippen molar-refractivity contribution in [3.63, 3.8) is 0 Å². The molecule has 0 aromatic rings. The second kappa shape index (κ2) is 7.23. The van der Waals surface area contributed by atoms with Gasteiger partial charge < -0.3 is 10.1 Å². The lowest BCUT2D eigenvalue weighted by Crippen LogP contribution is -2.44. The van der Waals surface area contributed by atoms with E-state index in [9.17, 15) is 4.79 Å². The van der Waals surface area contributed by atoms with Crippen LogP contribution in [0.5, 0.6) is 0 Å². The molecule has 15 heavy (non-hydrogen) atoms. The highest BCUT2D eigenvalue weighted by Gasteiger charge is 2.25. The number of nitrogens with one attached hydrogen (secondary N) is 1. The van der Waals surface area contributed by atoms with Crippen LogP contribution in [0.2, 0.25) is 0 Å². The minimum Gasteiger partial charge on any atom is -0.372 e. The van der Waals surface area contributed by atoms with Gasteiger partial charge in [0.1, 0.15) is 6.61 Å². The number of ether oxygens (including phenoxy) is 1. The molecule has 0 saturated heterocycles. The Bertz CT molecular complexity index is 199. The molecule has 1 aliphatic carbocycles. The predicted molar refractivity (Wildman–Crippen MR) is 64.2 cm³/mol. The summed E-state index contributed by atoms with van der Waals surface area (Å²) in [6, 6.07) is 0.339. The molecule has 1 aliphatic rings. The van der Waals surface area contributed by atoms with E-state index in [1.807, 2.05) is 6.92 Å². The number of amides is 1. The van der Waals surface area contributed by atoms with Crippen LogP contribution in [-0.2, 0) is 9.53 Å². The molecule has 0 aliphatic heterocycles. The fourth-order valence-corrected chi connectivity index (χ4v) is 2.80. The van der Waals surface area contributed by atoms with Gasteiger partial charge in [-0.15, -0.1) is 0 Å². The maximum atomic E-state index is 11.5. The zero-order chi connectivity index (χ0) is 11.1. The van der Waals surface area contributed by atoms with Crippen LogP contribution in [-0.4, -0.2) is 30.5 Å². The van der Waals surface area contributed by atoms with Gasteiger partial charge in [0.2, 0.25) is 5.91 Å². The zero-order valence-electron chi connectivity index (χ0n) is 9.30. The highest BCUT2D eigenvalue weighted by Crippen LogP contribution is 2.25. The summed E-state index contributed by atoms with van der Waals surface area (Å²) in [6.07, 6.45) is 4.83. The first kappa shape index (κ1) is 13.0. The highest BCUT2D eigenvalue weighted by molar-refractivity contribution is 9.09. The lowest BCUT2D eigenvalue weighted by atomic mass is 9.86. The van der Waals surface area contributed by atoms with E-state index in [0.717, 1.165) is 11.8 Å². The smallest absolute Gasteiger partial charge is 0.246 e. The van der Waals surface area contributed by atoms with Crippen LogP contribution in [0.15, 0.2) is 0 Å². The maximum Gasteiger partial charge on any atom is 0.246 e. The quantitative estimate of drug-likeness (QED) is 0.782. The van der Waals surface area contributed by atoms with Gasteiger partial charge in [-0.2, -0.15) is 0 Å². The van der Waals surface area contributed by atoms with Crippen LogP contribution in [0.3, 0.4) is 0 Å². The first-order valence-corrected chi connectivity index (χ1v) is 6.83. The summed E-state index contributed by atoms with van der Waals surface area (Å²) in [5.74, 6) is 0.610. The van der Waals surface area contributed by atoms with E-state index < -0.39 is 0 Å². The molecule has 88 valence electrons. The van der Waals surface area contributed by atoms with Crippen molar-refractivity contribution in [2.75, 3.05) is 18.5 Å². The van der Waals surface area contributed by atoms with Crippen LogP contribution < -0.4 is 5.32 Å². The third-order valence-corrected chi connectivity index (χ3v) is 3.72. The Labute approximate surface area is 100 Å². The van der Waals surface area contributed by atoms with Crippen LogP contribution >= 0.6 is 15.9 Å². The molecule has 0 aromatic carbocycles. The maximum absolute atomic E-state index is 11.5. The Morgan fingerprint density at radius 3 is 2.87 bits per heavy atom. The van der Waals surface area contributed by atoms with Gasteiger partial charge in [-0.1, -0.05) is 28.8 Å². The van der Waals surface area contributed by atoms with Crippen LogP contribution in [0.1, 0.15) is 32.6 Å². The summed E-state index contributed by atoms with van der Waals surface area (Å²) in [5.41, 5.74) is 0. The van der Waals surface area contributed by atoms with Crippen molar-refractivity contribution in [3.8, 4) is 0 Å². The van der Waals surface area contributed by atoms with Crippen molar-refractivity contribution in [1.29, 1.82) is 0 Å². The summed E-state index contributed by atoms with van der Waals surface area (Å²) in [4.78, 5) is 11.5. The molecule has 0 spiro atoms. The Kier molecular flexibility index (Phi) is 6.25. The van der Waals surface area contributed by atoms with Gasteiger partial charge in [-0.3, -0.25) is 4.79 Å². The predicted octanol–water partition coefficient (Wildman–Crippen LogP) is 2.09. The minimum atomic E-state index is 0.0229. The average Bonchev–Trinajstić information content (AvgIpc) is 2.27. The molecule has 1 amide bonds. The number of rotatable bonds is 5. The number of hydrogen-bond acceptors (Lipinski definition) is 2. The van der Waals surface area contributed by atoms with E-state index in [2.05, 4.69) is 21.2 Å². The van der Waals surface area contributed by atoms with Gasteiger partial charge in [-0.05, 0) is 25.7 Å². The van der Waals surface area contributed by atoms with Gasteiger partial charge in [0, 0.05) is 18.0 Å². The number of carbonyl (C=O) groups is 1. The van der Waals surface area contributed by atoms with Gasteiger partial charge >= 0.3 is 0 Å². The van der Waals surface area contributed by atoms with Crippen LogP contribution in [0, 0.1) is 5.92 Å². The molecule has 1 saturated carbocycles. The van der Waals surface area contributed by atoms with E-state index in [4.69, 9.17) is 4.74 Å². The van der Waals surface area contributed by atoms with Crippen molar-refractivity contribution in [1.82, 2.24) is 5.32 Å². The van der Waals surface area contributed by atoms with E-state index in [-0.39, 0.29) is 12.5 Å². The Balaban J connectivity index is 2.30. The molecule has 2 unspecified atom stereocenters. The van der Waals surface area contributed by atoms with Gasteiger partial charge in [-0.25, -0.2) is 0 Å². The molecule has 1 rings (SSSR count). The van der Waals surface area contributed by atoms with E-state index in [1.54, 1.807) is 0 Å². The second-order valence-electron chi connectivity index (χ2n) is 4.01. The van der Waals surface area contributed by atoms with Crippen molar-refractivity contribution in [2.24, 2.45) is 5.92 Å². The standard InChI is InChI=1S/C11H20BrNO2/c1-2-15-8-11(14)13-10-6-4-3-5-9(10)7-12/h9-10H,2-8H2,1H3,(H,13,14). The third-order valence-electron chi connectivity index (χ3n) is 2.89. The lowest BCUT2D eigenvalue weighted by Gasteiger charge is -2.30. The summed E-state index contributed by atoms with van der Waals surface area (Å²) in [7, 11) is 0. The fraction of sp³-hybridized carbons (Fsp3) is 0.909. The first-order chi connectivity index (χ1) is 7.27. The minimum absolute atomic E-state index is 0.0229. The molecular weight excluding hydrogens is 258 g/mol. The average molecular weight is 278 g/mol. The number of hydrogen-bond donors (Lipinski definition) is 1. The second-order valence-corrected chi connectivity index (χ2v) is 4.66. The van der Waals surface area contributed by atoms with E-state index in [0.29, 0.717) is 18.6 Å². The highest BCUT2D eigenvalue weighted by atomic mass is 79.9. The first-order valence-electron chi connectivity index (χ1n) is 5.71. The van der Waals surface area contributed by atoms with Crippen LogP contribution in [0.25, 0.3) is 0 Å².